The van der Waals surface area contributed by atoms with Crippen molar-refractivity contribution in [3.63, 3.8) is 0 Å². The predicted molar refractivity (Wildman–Crippen MR) is 75.9 cm³/mol. The number of fused-ring (bicyclic) bond motifs is 1. The molecule has 0 saturated heterocycles. The largest absolute Gasteiger partial charge is 0.324 e. The van der Waals surface area contributed by atoms with E-state index in [0.29, 0.717) is 23.7 Å². The van der Waals surface area contributed by atoms with Gasteiger partial charge in [0.2, 0.25) is 5.91 Å². The van der Waals surface area contributed by atoms with Gasteiger partial charge in [-0.2, -0.15) is 0 Å². The van der Waals surface area contributed by atoms with E-state index in [-0.39, 0.29) is 5.91 Å². The second kappa shape index (κ2) is 4.90. The first-order chi connectivity index (χ1) is 9.24. The van der Waals surface area contributed by atoms with Gasteiger partial charge in [-0.05, 0) is 18.2 Å². The molecule has 5 heteroatoms. The number of carbonyl (C=O) groups is 1. The Bertz CT molecular complexity index is 615. The summed E-state index contributed by atoms with van der Waals surface area (Å²) in [5.41, 5.74) is 1.66. The summed E-state index contributed by atoms with van der Waals surface area (Å²) in [6.07, 6.45) is 2.01. The molecule has 0 bridgehead atoms. The third kappa shape index (κ3) is 2.39. The lowest BCUT2D eigenvalue weighted by atomic mass is 10.2. The third-order valence-corrected chi connectivity index (χ3v) is 3.20. The van der Waals surface area contributed by atoms with E-state index in [1.807, 2.05) is 35.2 Å². The number of benzene rings is 1. The van der Waals surface area contributed by atoms with Crippen LogP contribution in [0.1, 0.15) is 6.42 Å². The van der Waals surface area contributed by atoms with Crippen LogP contribution in [0.5, 0.6) is 0 Å². The van der Waals surface area contributed by atoms with E-state index in [0.717, 1.165) is 11.5 Å². The molecule has 1 amide bonds. The minimum atomic E-state index is -0.0243. The van der Waals surface area contributed by atoms with Crippen LogP contribution in [0, 0.1) is 0 Å². The van der Waals surface area contributed by atoms with Gasteiger partial charge in [0.05, 0.1) is 10.7 Å². The number of nitrogens with one attached hydrogen (secondary N) is 1. The van der Waals surface area contributed by atoms with Crippen molar-refractivity contribution >= 4 is 34.7 Å². The lowest BCUT2D eigenvalue weighted by molar-refractivity contribution is -0.115. The highest BCUT2D eigenvalue weighted by Crippen LogP contribution is 2.33. The quantitative estimate of drug-likeness (QED) is 0.868. The van der Waals surface area contributed by atoms with E-state index < -0.39 is 0 Å². The van der Waals surface area contributed by atoms with Crippen molar-refractivity contribution in [1.29, 1.82) is 0 Å². The Balaban J connectivity index is 2.10. The Morgan fingerprint density at radius 3 is 2.84 bits per heavy atom. The topological polar surface area (TPSA) is 45.2 Å². The van der Waals surface area contributed by atoms with Gasteiger partial charge in [-0.1, -0.05) is 29.8 Å². The van der Waals surface area contributed by atoms with Gasteiger partial charge < -0.3 is 10.2 Å². The van der Waals surface area contributed by atoms with Gasteiger partial charge in [0.1, 0.15) is 0 Å². The maximum atomic E-state index is 11.7. The molecule has 0 spiro atoms. The monoisotopic (exact) mass is 273 g/mol. The van der Waals surface area contributed by atoms with Crippen molar-refractivity contribution in [1.82, 2.24) is 4.98 Å². The molecule has 0 atom stereocenters. The molecule has 0 radical (unpaired) electrons. The van der Waals surface area contributed by atoms with Crippen LogP contribution in [0.3, 0.4) is 0 Å². The summed E-state index contributed by atoms with van der Waals surface area (Å²) in [5.74, 6) is 0.699. The molecule has 2 heterocycles. The molecule has 1 N–H and O–H groups in total. The standard InChI is InChI=1S/C14H12ClN3O/c15-10-8-12-14(16-9-10)18(7-6-13(19)17-12)11-4-2-1-3-5-11/h1-5,8-9H,6-7H2,(H,17,19). The second-order valence-electron chi connectivity index (χ2n) is 4.31. The summed E-state index contributed by atoms with van der Waals surface area (Å²) < 4.78 is 0. The number of rotatable bonds is 1. The first-order valence-electron chi connectivity index (χ1n) is 6.02. The Kier molecular flexibility index (Phi) is 3.09. The van der Waals surface area contributed by atoms with E-state index in [1.54, 1.807) is 12.3 Å². The van der Waals surface area contributed by atoms with Gasteiger partial charge in [-0.25, -0.2) is 4.98 Å². The molecule has 4 nitrogen and oxygen atoms in total. The van der Waals surface area contributed by atoms with Crippen LogP contribution in [0.15, 0.2) is 42.6 Å². The molecule has 1 aliphatic rings. The van der Waals surface area contributed by atoms with Crippen molar-refractivity contribution in [2.24, 2.45) is 0 Å². The summed E-state index contributed by atoms with van der Waals surface area (Å²) in [5, 5.41) is 3.34. The molecule has 0 unspecified atom stereocenters. The minimum Gasteiger partial charge on any atom is -0.324 e. The fraction of sp³-hybridized carbons (Fsp3) is 0.143. The number of hydrogen-bond donors (Lipinski definition) is 1. The fourth-order valence-electron chi connectivity index (χ4n) is 2.13. The average molecular weight is 274 g/mol. The lowest BCUT2D eigenvalue weighted by Crippen LogP contribution is -2.19. The highest BCUT2D eigenvalue weighted by molar-refractivity contribution is 6.31. The van der Waals surface area contributed by atoms with E-state index in [9.17, 15) is 4.79 Å². The fourth-order valence-corrected chi connectivity index (χ4v) is 2.29. The summed E-state index contributed by atoms with van der Waals surface area (Å²) >= 11 is 5.94. The smallest absolute Gasteiger partial charge is 0.226 e. The van der Waals surface area contributed by atoms with Crippen molar-refractivity contribution < 1.29 is 4.79 Å². The summed E-state index contributed by atoms with van der Waals surface area (Å²) in [7, 11) is 0. The van der Waals surface area contributed by atoms with Gasteiger partial charge in [0.15, 0.2) is 5.82 Å². The average Bonchev–Trinajstić information content (AvgIpc) is 2.57. The lowest BCUT2D eigenvalue weighted by Gasteiger charge is -2.22. The van der Waals surface area contributed by atoms with Crippen LogP contribution in [0.25, 0.3) is 0 Å². The third-order valence-electron chi connectivity index (χ3n) is 2.99. The Morgan fingerprint density at radius 2 is 2.05 bits per heavy atom. The van der Waals surface area contributed by atoms with Gasteiger partial charge in [-0.3, -0.25) is 4.79 Å². The molecule has 3 rings (SSSR count). The molecular formula is C14H12ClN3O. The predicted octanol–water partition coefficient (Wildman–Crippen LogP) is 3.22. The van der Waals surface area contributed by atoms with E-state index in [4.69, 9.17) is 11.6 Å². The Morgan fingerprint density at radius 1 is 1.26 bits per heavy atom. The maximum Gasteiger partial charge on any atom is 0.226 e. The molecule has 19 heavy (non-hydrogen) atoms. The molecule has 0 aliphatic carbocycles. The van der Waals surface area contributed by atoms with Crippen molar-refractivity contribution in [2.75, 3.05) is 16.8 Å². The van der Waals surface area contributed by atoms with Gasteiger partial charge in [-0.15, -0.1) is 0 Å². The number of anilines is 3. The van der Waals surface area contributed by atoms with E-state index >= 15 is 0 Å². The molecule has 0 fully saturated rings. The van der Waals surface area contributed by atoms with E-state index in [1.165, 1.54) is 0 Å². The summed E-state index contributed by atoms with van der Waals surface area (Å²) in [4.78, 5) is 18.1. The maximum absolute atomic E-state index is 11.7. The van der Waals surface area contributed by atoms with Crippen LogP contribution >= 0.6 is 11.6 Å². The number of para-hydroxylation sites is 1. The van der Waals surface area contributed by atoms with Crippen LogP contribution in [0.2, 0.25) is 5.02 Å². The number of hydrogen-bond acceptors (Lipinski definition) is 3. The van der Waals surface area contributed by atoms with E-state index in [2.05, 4.69) is 10.3 Å². The first-order valence-corrected chi connectivity index (χ1v) is 6.40. The molecular weight excluding hydrogens is 262 g/mol. The molecule has 1 aromatic carbocycles. The normalized spacial score (nSPS) is 14.6. The highest BCUT2D eigenvalue weighted by atomic mass is 35.5. The van der Waals surface area contributed by atoms with Gasteiger partial charge in [0, 0.05) is 24.8 Å². The molecule has 1 aliphatic heterocycles. The Hall–Kier alpha value is -2.07. The zero-order valence-electron chi connectivity index (χ0n) is 10.1. The van der Waals surface area contributed by atoms with Crippen LogP contribution in [0.4, 0.5) is 17.2 Å². The molecule has 96 valence electrons. The van der Waals surface area contributed by atoms with Crippen LogP contribution in [-0.2, 0) is 4.79 Å². The number of halogens is 1. The SMILES string of the molecule is O=C1CCN(c2ccccc2)c2ncc(Cl)cc2N1. The van der Waals surface area contributed by atoms with Gasteiger partial charge in [0.25, 0.3) is 0 Å². The summed E-state index contributed by atoms with van der Waals surface area (Å²) in [6, 6.07) is 11.6. The number of nitrogens with zero attached hydrogens (tertiary/aromatic N) is 2. The molecule has 1 aromatic heterocycles. The summed E-state index contributed by atoms with van der Waals surface area (Å²) in [6.45, 7) is 0.595. The second-order valence-corrected chi connectivity index (χ2v) is 4.75. The highest BCUT2D eigenvalue weighted by Gasteiger charge is 2.21. The van der Waals surface area contributed by atoms with Crippen molar-refractivity contribution in [2.45, 2.75) is 6.42 Å². The van der Waals surface area contributed by atoms with Gasteiger partial charge >= 0.3 is 0 Å². The first kappa shape index (κ1) is 12.0. The number of carbonyl (C=O) groups excluding carboxylic acids is 1. The Labute approximate surface area is 116 Å². The number of pyridine rings is 1. The zero-order valence-corrected chi connectivity index (χ0v) is 10.9. The van der Waals surface area contributed by atoms with Crippen LogP contribution in [-0.4, -0.2) is 17.4 Å². The van der Waals surface area contributed by atoms with Crippen molar-refractivity contribution in [3.8, 4) is 0 Å². The number of amides is 1. The minimum absolute atomic E-state index is 0.0243. The molecule has 0 saturated carbocycles. The van der Waals surface area contributed by atoms with Crippen molar-refractivity contribution in [3.05, 3.63) is 47.6 Å². The molecule has 2 aromatic rings. The zero-order chi connectivity index (χ0) is 13.2. The number of aromatic nitrogens is 1. The van der Waals surface area contributed by atoms with Crippen LogP contribution < -0.4 is 10.2 Å².